The SMILES string of the molecule is COC1C(c2cnn3c(=O)[nH]c(N)nc23)OC(CO)C1O. The van der Waals surface area contributed by atoms with Crippen molar-refractivity contribution in [3.8, 4) is 0 Å². The van der Waals surface area contributed by atoms with Gasteiger partial charge in [0, 0.05) is 12.7 Å². The molecule has 2 aromatic rings. The van der Waals surface area contributed by atoms with Gasteiger partial charge in [0.05, 0.1) is 12.8 Å². The predicted molar refractivity (Wildman–Crippen MR) is 69.5 cm³/mol. The molecule has 1 aliphatic heterocycles. The fourth-order valence-corrected chi connectivity index (χ4v) is 2.52. The van der Waals surface area contributed by atoms with Gasteiger partial charge < -0.3 is 25.4 Å². The lowest BCUT2D eigenvalue weighted by Crippen LogP contribution is -2.33. The Morgan fingerprint density at radius 3 is 3.05 bits per heavy atom. The summed E-state index contributed by atoms with van der Waals surface area (Å²) >= 11 is 0. The Labute approximate surface area is 118 Å². The minimum Gasteiger partial charge on any atom is -0.394 e. The maximum atomic E-state index is 11.7. The van der Waals surface area contributed by atoms with Crippen molar-refractivity contribution in [2.75, 3.05) is 19.5 Å². The van der Waals surface area contributed by atoms with E-state index in [1.807, 2.05) is 0 Å². The van der Waals surface area contributed by atoms with E-state index in [1.165, 1.54) is 13.3 Å². The number of anilines is 1. The zero-order valence-electron chi connectivity index (χ0n) is 11.1. The normalized spacial score (nSPS) is 29.3. The van der Waals surface area contributed by atoms with Gasteiger partial charge >= 0.3 is 5.69 Å². The lowest BCUT2D eigenvalue weighted by atomic mass is 10.0. The van der Waals surface area contributed by atoms with E-state index in [0.717, 1.165) is 4.52 Å². The average molecular weight is 297 g/mol. The maximum absolute atomic E-state index is 11.7. The van der Waals surface area contributed by atoms with E-state index in [0.29, 0.717) is 5.56 Å². The fourth-order valence-electron chi connectivity index (χ4n) is 2.52. The number of aliphatic hydroxyl groups excluding tert-OH is 2. The number of aliphatic hydroxyl groups is 2. The molecule has 1 aliphatic rings. The highest BCUT2D eigenvalue weighted by molar-refractivity contribution is 5.50. The number of ether oxygens (including phenoxy) is 2. The zero-order chi connectivity index (χ0) is 15.1. The first-order valence-electron chi connectivity index (χ1n) is 6.27. The van der Waals surface area contributed by atoms with E-state index in [2.05, 4.69) is 15.1 Å². The van der Waals surface area contributed by atoms with Crippen molar-refractivity contribution in [3.63, 3.8) is 0 Å². The van der Waals surface area contributed by atoms with Crippen LogP contribution in [-0.2, 0) is 9.47 Å². The molecule has 10 heteroatoms. The molecule has 2 aromatic heterocycles. The van der Waals surface area contributed by atoms with Crippen LogP contribution in [0.15, 0.2) is 11.0 Å². The molecule has 4 atom stereocenters. The number of aromatic amines is 1. The van der Waals surface area contributed by atoms with Crippen molar-refractivity contribution in [2.45, 2.75) is 24.4 Å². The average Bonchev–Trinajstić information content (AvgIpc) is 2.99. The van der Waals surface area contributed by atoms with Crippen LogP contribution in [0, 0.1) is 0 Å². The third-order valence-corrected chi connectivity index (χ3v) is 3.52. The van der Waals surface area contributed by atoms with Gasteiger partial charge in [0.15, 0.2) is 5.65 Å². The number of methoxy groups -OCH3 is 1. The molecule has 114 valence electrons. The van der Waals surface area contributed by atoms with Crippen molar-refractivity contribution >= 4 is 11.6 Å². The number of nitrogens with two attached hydrogens (primary N) is 1. The van der Waals surface area contributed by atoms with E-state index >= 15 is 0 Å². The monoisotopic (exact) mass is 297 g/mol. The van der Waals surface area contributed by atoms with Crippen LogP contribution < -0.4 is 11.4 Å². The molecule has 1 saturated heterocycles. The summed E-state index contributed by atoms with van der Waals surface area (Å²) in [5, 5.41) is 23.2. The largest absolute Gasteiger partial charge is 0.394 e. The Kier molecular flexibility index (Phi) is 3.37. The molecule has 10 nitrogen and oxygen atoms in total. The summed E-state index contributed by atoms with van der Waals surface area (Å²) in [6.45, 7) is -0.354. The fraction of sp³-hybridized carbons (Fsp3) is 0.545. The molecule has 1 fully saturated rings. The summed E-state index contributed by atoms with van der Waals surface area (Å²) in [7, 11) is 1.42. The molecule has 3 heterocycles. The Morgan fingerprint density at radius 1 is 1.62 bits per heavy atom. The number of nitrogens with zero attached hydrogens (tertiary/aromatic N) is 3. The van der Waals surface area contributed by atoms with Gasteiger partial charge in [-0.1, -0.05) is 0 Å². The Bertz CT molecular complexity index is 713. The quantitative estimate of drug-likeness (QED) is 0.499. The first-order chi connectivity index (χ1) is 10.1. The first kappa shape index (κ1) is 13.9. The summed E-state index contributed by atoms with van der Waals surface area (Å²) in [6, 6.07) is 0. The van der Waals surface area contributed by atoms with Crippen LogP contribution in [0.2, 0.25) is 0 Å². The second-order valence-corrected chi connectivity index (χ2v) is 4.73. The number of aromatic nitrogens is 4. The van der Waals surface area contributed by atoms with Gasteiger partial charge in [-0.2, -0.15) is 14.6 Å². The minimum atomic E-state index is -1.00. The van der Waals surface area contributed by atoms with Crippen molar-refractivity contribution in [1.82, 2.24) is 19.6 Å². The highest BCUT2D eigenvalue weighted by atomic mass is 16.6. The second kappa shape index (κ2) is 5.07. The zero-order valence-corrected chi connectivity index (χ0v) is 11.1. The van der Waals surface area contributed by atoms with Gasteiger partial charge in [-0.3, -0.25) is 4.98 Å². The van der Waals surface area contributed by atoms with E-state index in [1.54, 1.807) is 0 Å². The third kappa shape index (κ3) is 2.08. The summed E-state index contributed by atoms with van der Waals surface area (Å²) in [4.78, 5) is 18.1. The molecule has 3 rings (SSSR count). The molecular formula is C11H15N5O5. The topological polar surface area (TPSA) is 148 Å². The molecule has 0 saturated carbocycles. The Balaban J connectivity index is 2.10. The molecule has 0 aromatic carbocycles. The Morgan fingerprint density at radius 2 is 2.38 bits per heavy atom. The number of hydrogen-bond acceptors (Lipinski definition) is 8. The molecule has 5 N–H and O–H groups in total. The number of fused-ring (bicyclic) bond motifs is 1. The molecule has 0 bridgehead atoms. The van der Waals surface area contributed by atoms with E-state index < -0.39 is 30.1 Å². The van der Waals surface area contributed by atoms with Crippen molar-refractivity contribution in [2.24, 2.45) is 0 Å². The van der Waals surface area contributed by atoms with E-state index in [4.69, 9.17) is 15.2 Å². The van der Waals surface area contributed by atoms with Crippen molar-refractivity contribution < 1.29 is 19.7 Å². The van der Waals surface area contributed by atoms with E-state index in [-0.39, 0.29) is 18.2 Å². The highest BCUT2D eigenvalue weighted by Gasteiger charge is 2.45. The highest BCUT2D eigenvalue weighted by Crippen LogP contribution is 2.36. The molecule has 0 amide bonds. The first-order valence-corrected chi connectivity index (χ1v) is 6.27. The van der Waals surface area contributed by atoms with Crippen LogP contribution in [0.5, 0.6) is 0 Å². The number of rotatable bonds is 3. The van der Waals surface area contributed by atoms with Crippen LogP contribution >= 0.6 is 0 Å². The van der Waals surface area contributed by atoms with Gasteiger partial charge in [-0.15, -0.1) is 0 Å². The van der Waals surface area contributed by atoms with Gasteiger partial charge in [0.1, 0.15) is 24.4 Å². The smallest absolute Gasteiger partial charge is 0.350 e. The number of nitrogen functional groups attached to an aromatic ring is 1. The van der Waals surface area contributed by atoms with Crippen LogP contribution in [0.25, 0.3) is 5.65 Å². The second-order valence-electron chi connectivity index (χ2n) is 4.73. The molecule has 0 aliphatic carbocycles. The van der Waals surface area contributed by atoms with Gasteiger partial charge in [0.2, 0.25) is 5.95 Å². The Hall–Kier alpha value is -2.01. The van der Waals surface area contributed by atoms with Gasteiger partial charge in [-0.05, 0) is 0 Å². The predicted octanol–water partition coefficient (Wildman–Crippen LogP) is -2.19. The van der Waals surface area contributed by atoms with Crippen LogP contribution in [0.4, 0.5) is 5.95 Å². The number of nitrogens with one attached hydrogen (secondary N) is 1. The molecule has 4 unspecified atom stereocenters. The summed E-state index contributed by atoms with van der Waals surface area (Å²) < 4.78 is 11.9. The summed E-state index contributed by atoms with van der Waals surface area (Å²) in [5.74, 6) is -0.0551. The maximum Gasteiger partial charge on any atom is 0.350 e. The molecule has 0 spiro atoms. The summed E-state index contributed by atoms with van der Waals surface area (Å²) in [6.07, 6.45) is -1.81. The molecular weight excluding hydrogens is 282 g/mol. The lowest BCUT2D eigenvalue weighted by Gasteiger charge is -2.17. The van der Waals surface area contributed by atoms with Crippen LogP contribution in [-0.4, -0.2) is 61.8 Å². The van der Waals surface area contributed by atoms with Gasteiger partial charge in [0.25, 0.3) is 0 Å². The molecule has 21 heavy (non-hydrogen) atoms. The van der Waals surface area contributed by atoms with Crippen LogP contribution in [0.3, 0.4) is 0 Å². The van der Waals surface area contributed by atoms with Crippen molar-refractivity contribution in [3.05, 3.63) is 22.2 Å². The standard InChI is InChI=1S/C11H15N5O5/c1-20-8-6(18)5(3-17)21-7(8)4-2-13-16-9(4)14-10(12)15-11(16)19/h2,5-8,17-18H,3H2,1H3,(H3,12,14,15,19). The van der Waals surface area contributed by atoms with Crippen molar-refractivity contribution in [1.29, 1.82) is 0 Å². The van der Waals surface area contributed by atoms with E-state index in [9.17, 15) is 15.0 Å². The van der Waals surface area contributed by atoms with Gasteiger partial charge in [-0.25, -0.2) is 4.79 Å². The minimum absolute atomic E-state index is 0.0551. The molecule has 0 radical (unpaired) electrons. The number of hydrogen-bond donors (Lipinski definition) is 4. The third-order valence-electron chi connectivity index (χ3n) is 3.52. The lowest BCUT2D eigenvalue weighted by molar-refractivity contribution is -0.0229. The summed E-state index contributed by atoms with van der Waals surface area (Å²) in [5.41, 5.74) is 5.67. The van der Waals surface area contributed by atoms with Crippen LogP contribution in [0.1, 0.15) is 11.7 Å². The number of H-pyrrole nitrogens is 1.